The van der Waals surface area contributed by atoms with Crippen LogP contribution in [-0.4, -0.2) is 19.4 Å². The van der Waals surface area contributed by atoms with Crippen molar-refractivity contribution in [2.75, 3.05) is 0 Å². The van der Waals surface area contributed by atoms with Crippen molar-refractivity contribution >= 4 is 27.2 Å². The summed E-state index contributed by atoms with van der Waals surface area (Å²) in [6.45, 7) is 2.16. The van der Waals surface area contributed by atoms with E-state index in [4.69, 9.17) is 18.0 Å². The monoisotopic (exact) mass is 330 g/mol. The third-order valence-corrected chi connectivity index (χ3v) is 5.62. The van der Waals surface area contributed by atoms with E-state index in [1.807, 2.05) is 0 Å². The summed E-state index contributed by atoms with van der Waals surface area (Å²) >= 11 is 4.77. The summed E-state index contributed by atoms with van der Waals surface area (Å²) in [5, 5.41) is 0. The Morgan fingerprint density at radius 1 is 1.33 bits per heavy atom. The molecule has 0 aliphatic heterocycles. The van der Waals surface area contributed by atoms with Gasteiger partial charge in [0.1, 0.15) is 10.8 Å². The van der Waals surface area contributed by atoms with E-state index >= 15 is 0 Å². The predicted molar refractivity (Wildman–Crippen MR) is 84.0 cm³/mol. The molecule has 0 aromatic heterocycles. The highest BCUT2D eigenvalue weighted by atomic mass is 32.2. The van der Waals surface area contributed by atoms with Crippen LogP contribution in [0.15, 0.2) is 23.1 Å². The van der Waals surface area contributed by atoms with Gasteiger partial charge in [-0.05, 0) is 43.7 Å². The third-order valence-electron chi connectivity index (χ3n) is 3.85. The molecule has 1 aliphatic rings. The summed E-state index contributed by atoms with van der Waals surface area (Å²) in [7, 11) is -3.83. The van der Waals surface area contributed by atoms with Gasteiger partial charge in [-0.15, -0.1) is 0 Å². The quantitative estimate of drug-likeness (QED) is 0.831. The van der Waals surface area contributed by atoms with Crippen LogP contribution in [0.2, 0.25) is 0 Å². The number of halogens is 1. The fraction of sp³-hybridized carbons (Fsp3) is 0.500. The number of hydrogen-bond donors (Lipinski definition) is 2. The molecule has 2 rings (SSSR count). The van der Waals surface area contributed by atoms with Crippen molar-refractivity contribution in [2.45, 2.75) is 43.5 Å². The van der Waals surface area contributed by atoms with Gasteiger partial charge in [0.2, 0.25) is 10.0 Å². The fourth-order valence-corrected chi connectivity index (χ4v) is 4.44. The topological polar surface area (TPSA) is 72.2 Å². The molecular formula is C14H19FN2O2S2. The van der Waals surface area contributed by atoms with Crippen LogP contribution in [0.4, 0.5) is 4.39 Å². The van der Waals surface area contributed by atoms with Crippen LogP contribution in [0.3, 0.4) is 0 Å². The van der Waals surface area contributed by atoms with Crippen molar-refractivity contribution < 1.29 is 12.8 Å². The van der Waals surface area contributed by atoms with Gasteiger partial charge in [-0.25, -0.2) is 17.5 Å². The second kappa shape index (κ2) is 6.37. The van der Waals surface area contributed by atoms with Crippen LogP contribution >= 0.6 is 12.2 Å². The Hall–Kier alpha value is -1.05. The maximum Gasteiger partial charge on any atom is 0.241 e. The van der Waals surface area contributed by atoms with E-state index in [2.05, 4.69) is 11.6 Å². The van der Waals surface area contributed by atoms with E-state index in [1.54, 1.807) is 0 Å². The predicted octanol–water partition coefficient (Wildman–Crippen LogP) is 2.32. The molecule has 1 aromatic rings. The minimum atomic E-state index is -3.83. The van der Waals surface area contributed by atoms with Crippen molar-refractivity contribution in [1.82, 2.24) is 4.72 Å². The van der Waals surface area contributed by atoms with Crippen LogP contribution in [0.1, 0.15) is 38.2 Å². The van der Waals surface area contributed by atoms with E-state index in [0.29, 0.717) is 5.92 Å². The van der Waals surface area contributed by atoms with Gasteiger partial charge < -0.3 is 5.73 Å². The largest absolute Gasteiger partial charge is 0.389 e. The Morgan fingerprint density at radius 3 is 2.52 bits per heavy atom. The molecule has 0 radical (unpaired) electrons. The van der Waals surface area contributed by atoms with Gasteiger partial charge >= 0.3 is 0 Å². The molecule has 3 N–H and O–H groups in total. The van der Waals surface area contributed by atoms with Crippen molar-refractivity contribution in [3.8, 4) is 0 Å². The standard InChI is InChI=1S/C14H19FN2O2S2/c1-9-5-7-10(8-6-9)17-21(18,19)12-4-2-3-11(15)13(12)14(16)20/h2-4,9-10,17H,5-8H2,1H3,(H2,16,20). The number of rotatable bonds is 4. The first kappa shape index (κ1) is 16.3. The molecular weight excluding hydrogens is 311 g/mol. The first-order valence-electron chi connectivity index (χ1n) is 6.92. The minimum absolute atomic E-state index is 0.117. The first-order valence-corrected chi connectivity index (χ1v) is 8.81. The molecule has 0 unspecified atom stereocenters. The average molecular weight is 330 g/mol. The summed E-state index contributed by atoms with van der Waals surface area (Å²) in [6.07, 6.45) is 3.55. The van der Waals surface area contributed by atoms with Gasteiger partial charge in [-0.3, -0.25) is 0 Å². The highest BCUT2D eigenvalue weighted by Crippen LogP contribution is 2.26. The van der Waals surface area contributed by atoms with Crippen LogP contribution in [0.5, 0.6) is 0 Å². The maximum absolute atomic E-state index is 13.8. The molecule has 0 atom stereocenters. The number of nitrogens with one attached hydrogen (secondary N) is 1. The van der Waals surface area contributed by atoms with Crippen molar-refractivity contribution in [1.29, 1.82) is 0 Å². The molecule has 1 fully saturated rings. The molecule has 0 spiro atoms. The number of nitrogens with two attached hydrogens (primary N) is 1. The van der Waals surface area contributed by atoms with Crippen molar-refractivity contribution in [2.24, 2.45) is 11.7 Å². The molecule has 1 aromatic carbocycles. The van der Waals surface area contributed by atoms with E-state index < -0.39 is 15.8 Å². The fourth-order valence-electron chi connectivity index (χ4n) is 2.63. The Labute approximate surface area is 130 Å². The molecule has 21 heavy (non-hydrogen) atoms. The summed E-state index contributed by atoms with van der Waals surface area (Å²) in [5.74, 6) is -0.102. The summed E-state index contributed by atoms with van der Waals surface area (Å²) < 4.78 is 41.4. The highest BCUT2D eigenvalue weighted by Gasteiger charge is 2.27. The zero-order valence-electron chi connectivity index (χ0n) is 11.8. The molecule has 0 saturated heterocycles. The number of benzene rings is 1. The number of sulfonamides is 1. The summed E-state index contributed by atoms with van der Waals surface area (Å²) in [6, 6.07) is 3.70. The van der Waals surface area contributed by atoms with E-state index in [0.717, 1.165) is 31.7 Å². The number of thiocarbonyl (C=S) groups is 1. The zero-order valence-corrected chi connectivity index (χ0v) is 13.4. The smallest absolute Gasteiger partial charge is 0.241 e. The average Bonchev–Trinajstić information content (AvgIpc) is 2.40. The molecule has 0 heterocycles. The molecule has 4 nitrogen and oxygen atoms in total. The normalized spacial score (nSPS) is 23.0. The van der Waals surface area contributed by atoms with E-state index in [-0.39, 0.29) is 21.5 Å². The van der Waals surface area contributed by atoms with Crippen LogP contribution in [-0.2, 0) is 10.0 Å². The Kier molecular flexibility index (Phi) is 4.95. The lowest BCUT2D eigenvalue weighted by Crippen LogP contribution is -2.38. The van der Waals surface area contributed by atoms with E-state index in [9.17, 15) is 12.8 Å². The van der Waals surface area contributed by atoms with Crippen LogP contribution < -0.4 is 10.5 Å². The summed E-state index contributed by atoms with van der Waals surface area (Å²) in [5.41, 5.74) is 5.24. The van der Waals surface area contributed by atoms with Crippen LogP contribution in [0, 0.1) is 11.7 Å². The highest BCUT2D eigenvalue weighted by molar-refractivity contribution is 7.89. The maximum atomic E-state index is 13.8. The molecule has 7 heteroatoms. The Balaban J connectivity index is 2.28. The lowest BCUT2D eigenvalue weighted by atomic mass is 9.88. The van der Waals surface area contributed by atoms with Crippen molar-refractivity contribution in [3.63, 3.8) is 0 Å². The van der Waals surface area contributed by atoms with Crippen LogP contribution in [0.25, 0.3) is 0 Å². The Bertz CT molecular complexity index is 638. The van der Waals surface area contributed by atoms with Gasteiger partial charge in [0.05, 0.1) is 10.5 Å². The van der Waals surface area contributed by atoms with Crippen molar-refractivity contribution in [3.05, 3.63) is 29.6 Å². The number of hydrogen-bond acceptors (Lipinski definition) is 3. The van der Waals surface area contributed by atoms with Gasteiger partial charge in [0, 0.05) is 6.04 Å². The van der Waals surface area contributed by atoms with Gasteiger partial charge in [-0.2, -0.15) is 0 Å². The molecule has 0 bridgehead atoms. The molecule has 0 amide bonds. The van der Waals surface area contributed by atoms with Gasteiger partial charge in [0.25, 0.3) is 0 Å². The Morgan fingerprint density at radius 2 is 1.95 bits per heavy atom. The molecule has 116 valence electrons. The molecule has 1 aliphatic carbocycles. The minimum Gasteiger partial charge on any atom is -0.389 e. The van der Waals surface area contributed by atoms with E-state index in [1.165, 1.54) is 12.1 Å². The first-order chi connectivity index (χ1) is 9.81. The third kappa shape index (κ3) is 3.78. The van der Waals surface area contributed by atoms with Gasteiger partial charge in [-0.1, -0.05) is 25.2 Å². The second-order valence-electron chi connectivity index (χ2n) is 5.56. The lowest BCUT2D eigenvalue weighted by molar-refractivity contribution is 0.332. The lowest BCUT2D eigenvalue weighted by Gasteiger charge is -2.27. The molecule has 1 saturated carbocycles. The zero-order chi connectivity index (χ0) is 15.6. The second-order valence-corrected chi connectivity index (χ2v) is 7.68. The van der Waals surface area contributed by atoms with Gasteiger partial charge in [0.15, 0.2) is 0 Å². The SMILES string of the molecule is CC1CCC(NS(=O)(=O)c2cccc(F)c2C(N)=S)CC1. The summed E-state index contributed by atoms with van der Waals surface area (Å²) in [4.78, 5) is -0.445.